The van der Waals surface area contributed by atoms with E-state index in [-0.39, 0.29) is 6.10 Å². The van der Waals surface area contributed by atoms with Gasteiger partial charge in [0.15, 0.2) is 0 Å². The third-order valence-electron chi connectivity index (χ3n) is 2.61. The summed E-state index contributed by atoms with van der Waals surface area (Å²) in [5, 5.41) is 9.58. The molecule has 2 N–H and O–H groups in total. The fraction of sp³-hybridized carbons (Fsp3) is 0.364. The first-order valence-corrected chi connectivity index (χ1v) is 5.06. The number of benzene rings is 1. The molecule has 0 saturated heterocycles. The second kappa shape index (κ2) is 3.41. The van der Waals surface area contributed by atoms with Gasteiger partial charge in [-0.2, -0.15) is 5.26 Å². The molecule has 1 aliphatic rings. The molecule has 3 nitrogen and oxygen atoms in total. The molecular weight excluding hydrogens is 212 g/mol. The monoisotopic (exact) mass is 222 g/mol. The summed E-state index contributed by atoms with van der Waals surface area (Å²) in [6, 6.07) is 7.48. The predicted molar refractivity (Wildman–Crippen MR) is 57.8 cm³/mol. The highest BCUT2D eigenvalue weighted by Gasteiger charge is 2.37. The minimum atomic E-state index is -0.967. The number of hydrogen-bond donors (Lipinski definition) is 1. The molecule has 1 heterocycles. The van der Waals surface area contributed by atoms with Gasteiger partial charge in [0.1, 0.15) is 17.4 Å². The summed E-state index contributed by atoms with van der Waals surface area (Å²) < 4.78 is 5.61. The van der Waals surface area contributed by atoms with Crippen molar-refractivity contribution in [1.82, 2.24) is 0 Å². The minimum Gasteiger partial charge on any atom is -0.487 e. The van der Waals surface area contributed by atoms with Crippen LogP contribution in [0.25, 0.3) is 0 Å². The van der Waals surface area contributed by atoms with Gasteiger partial charge in [0.2, 0.25) is 0 Å². The van der Waals surface area contributed by atoms with Crippen molar-refractivity contribution in [2.75, 3.05) is 0 Å². The van der Waals surface area contributed by atoms with E-state index in [0.717, 1.165) is 11.3 Å². The van der Waals surface area contributed by atoms with Gasteiger partial charge in [-0.05, 0) is 30.7 Å². The van der Waals surface area contributed by atoms with E-state index in [0.29, 0.717) is 11.4 Å². The van der Waals surface area contributed by atoms with Crippen LogP contribution in [-0.2, 0) is 6.42 Å². The zero-order valence-electron chi connectivity index (χ0n) is 8.33. The molecular formula is C11H11ClN2O. The lowest BCUT2D eigenvalue weighted by Gasteiger charge is -2.22. The molecule has 0 aliphatic carbocycles. The number of nitriles is 1. The molecule has 0 bridgehead atoms. The molecule has 2 unspecified atom stereocenters. The number of nitrogens with zero attached hydrogens (tertiary/aromatic N) is 1. The lowest BCUT2D eigenvalue weighted by molar-refractivity contribution is 0.174. The molecule has 15 heavy (non-hydrogen) atoms. The Labute approximate surface area is 93.4 Å². The van der Waals surface area contributed by atoms with Crippen molar-refractivity contribution in [1.29, 1.82) is 5.26 Å². The Morgan fingerprint density at radius 3 is 3.07 bits per heavy atom. The highest BCUT2D eigenvalue weighted by molar-refractivity contribution is 6.30. The first-order valence-electron chi connectivity index (χ1n) is 4.68. The summed E-state index contributed by atoms with van der Waals surface area (Å²) in [4.78, 5) is 0. The van der Waals surface area contributed by atoms with Gasteiger partial charge in [0, 0.05) is 11.4 Å². The van der Waals surface area contributed by atoms with Crippen LogP contribution in [0.2, 0.25) is 5.02 Å². The maximum absolute atomic E-state index is 8.91. The summed E-state index contributed by atoms with van der Waals surface area (Å²) >= 11 is 5.87. The van der Waals surface area contributed by atoms with Crippen molar-refractivity contribution in [3.63, 3.8) is 0 Å². The summed E-state index contributed by atoms with van der Waals surface area (Å²) in [6.45, 7) is 1.67. The van der Waals surface area contributed by atoms with Gasteiger partial charge in [-0.1, -0.05) is 11.6 Å². The summed E-state index contributed by atoms with van der Waals surface area (Å²) in [5.74, 6) is 0.774. The fourth-order valence-electron chi connectivity index (χ4n) is 1.62. The van der Waals surface area contributed by atoms with Crippen molar-refractivity contribution < 1.29 is 4.74 Å². The number of ether oxygens (including phenoxy) is 1. The molecule has 1 aromatic rings. The van der Waals surface area contributed by atoms with E-state index in [1.165, 1.54) is 0 Å². The van der Waals surface area contributed by atoms with E-state index in [2.05, 4.69) is 6.07 Å². The maximum atomic E-state index is 8.91. The molecule has 0 amide bonds. The number of halogens is 1. The quantitative estimate of drug-likeness (QED) is 0.790. The molecule has 0 saturated carbocycles. The van der Waals surface area contributed by atoms with Gasteiger partial charge in [0.05, 0.1) is 6.07 Å². The lowest BCUT2D eigenvalue weighted by Crippen LogP contribution is -2.49. The number of nitrogens with two attached hydrogens (primary N) is 1. The Balaban J connectivity index is 2.27. The van der Waals surface area contributed by atoms with Gasteiger partial charge >= 0.3 is 0 Å². The van der Waals surface area contributed by atoms with E-state index >= 15 is 0 Å². The molecule has 0 radical (unpaired) electrons. The molecule has 2 atom stereocenters. The summed E-state index contributed by atoms with van der Waals surface area (Å²) in [6.07, 6.45) is 0.340. The average molecular weight is 223 g/mol. The number of hydrogen-bond acceptors (Lipinski definition) is 3. The standard InChI is InChI=1S/C11H11ClN2O/c1-11(14,6-13)10-5-7-4-8(12)2-3-9(7)15-10/h2-4,10H,5,14H2,1H3. The molecule has 2 rings (SSSR count). The van der Waals surface area contributed by atoms with Gasteiger partial charge in [0.25, 0.3) is 0 Å². The van der Waals surface area contributed by atoms with Crippen LogP contribution in [0.15, 0.2) is 18.2 Å². The van der Waals surface area contributed by atoms with Crippen LogP contribution in [0, 0.1) is 11.3 Å². The van der Waals surface area contributed by atoms with Crippen molar-refractivity contribution in [3.8, 4) is 11.8 Å². The maximum Gasteiger partial charge on any atom is 0.138 e. The predicted octanol–water partition coefficient (Wildman–Crippen LogP) is 1.88. The van der Waals surface area contributed by atoms with E-state index in [4.69, 9.17) is 27.3 Å². The van der Waals surface area contributed by atoms with Crippen LogP contribution >= 0.6 is 11.6 Å². The highest BCUT2D eigenvalue weighted by atomic mass is 35.5. The second-order valence-electron chi connectivity index (χ2n) is 3.96. The molecule has 4 heteroatoms. The largest absolute Gasteiger partial charge is 0.487 e. The van der Waals surface area contributed by atoms with Gasteiger partial charge in [-0.25, -0.2) is 0 Å². The number of rotatable bonds is 1. The van der Waals surface area contributed by atoms with Crippen LogP contribution in [0.3, 0.4) is 0 Å². The first kappa shape index (κ1) is 10.3. The Morgan fingerprint density at radius 1 is 1.67 bits per heavy atom. The lowest BCUT2D eigenvalue weighted by atomic mass is 9.94. The molecule has 0 aromatic heterocycles. The zero-order valence-corrected chi connectivity index (χ0v) is 9.08. The van der Waals surface area contributed by atoms with Gasteiger partial charge in [-0.15, -0.1) is 0 Å². The fourth-order valence-corrected chi connectivity index (χ4v) is 1.82. The Hall–Kier alpha value is -1.24. The summed E-state index contributed by atoms with van der Waals surface area (Å²) in [5.41, 5.74) is 5.87. The highest BCUT2D eigenvalue weighted by Crippen LogP contribution is 2.33. The molecule has 1 aliphatic heterocycles. The van der Waals surface area contributed by atoms with Crippen LogP contribution in [0.4, 0.5) is 0 Å². The molecule has 0 spiro atoms. The van der Waals surface area contributed by atoms with Crippen LogP contribution < -0.4 is 10.5 Å². The Bertz CT molecular complexity index is 437. The third-order valence-corrected chi connectivity index (χ3v) is 2.84. The van der Waals surface area contributed by atoms with Crippen LogP contribution in [0.1, 0.15) is 12.5 Å². The van der Waals surface area contributed by atoms with Crippen molar-refractivity contribution >= 4 is 11.6 Å². The van der Waals surface area contributed by atoms with E-state index in [9.17, 15) is 0 Å². The smallest absolute Gasteiger partial charge is 0.138 e. The number of fused-ring (bicyclic) bond motifs is 1. The summed E-state index contributed by atoms with van der Waals surface area (Å²) in [7, 11) is 0. The van der Waals surface area contributed by atoms with Crippen LogP contribution in [-0.4, -0.2) is 11.6 Å². The van der Waals surface area contributed by atoms with E-state index in [1.807, 2.05) is 12.1 Å². The minimum absolute atomic E-state index is 0.295. The SMILES string of the molecule is CC(N)(C#N)C1Cc2cc(Cl)ccc2O1. The molecule has 0 fully saturated rings. The topological polar surface area (TPSA) is 59.0 Å². The molecule has 1 aromatic carbocycles. The van der Waals surface area contributed by atoms with Gasteiger partial charge < -0.3 is 10.5 Å². The van der Waals surface area contributed by atoms with Crippen molar-refractivity contribution in [2.24, 2.45) is 5.73 Å². The second-order valence-corrected chi connectivity index (χ2v) is 4.39. The van der Waals surface area contributed by atoms with Gasteiger partial charge in [-0.3, -0.25) is 0 Å². The normalized spacial score (nSPS) is 22.4. The van der Waals surface area contributed by atoms with Crippen molar-refractivity contribution in [2.45, 2.75) is 25.0 Å². The zero-order chi connectivity index (χ0) is 11.1. The van der Waals surface area contributed by atoms with Crippen LogP contribution in [0.5, 0.6) is 5.75 Å². The van der Waals surface area contributed by atoms with E-state index < -0.39 is 5.54 Å². The average Bonchev–Trinajstić information content (AvgIpc) is 2.61. The van der Waals surface area contributed by atoms with E-state index in [1.54, 1.807) is 13.0 Å². The third kappa shape index (κ3) is 1.79. The Morgan fingerprint density at radius 2 is 2.40 bits per heavy atom. The Kier molecular flexibility index (Phi) is 2.34. The first-order chi connectivity index (χ1) is 7.03. The molecule has 78 valence electrons. The van der Waals surface area contributed by atoms with Crippen molar-refractivity contribution in [3.05, 3.63) is 28.8 Å².